The van der Waals surface area contributed by atoms with Crippen LogP contribution < -0.4 is 5.49 Å². The molecule has 0 radical (unpaired) electrons. The molecule has 5 heteroatoms. The molecule has 0 aliphatic rings. The van der Waals surface area contributed by atoms with Crippen molar-refractivity contribution in [1.29, 1.82) is 0 Å². The highest BCUT2D eigenvalue weighted by molar-refractivity contribution is 5.92. The van der Waals surface area contributed by atoms with Gasteiger partial charge in [0.2, 0.25) is 0 Å². The van der Waals surface area contributed by atoms with Gasteiger partial charge in [0.15, 0.2) is 0 Å². The largest absolute Gasteiger partial charge is 0.328 e. The molecule has 0 saturated heterocycles. The van der Waals surface area contributed by atoms with Gasteiger partial charge in [-0.15, -0.1) is 0 Å². The Morgan fingerprint density at radius 2 is 1.83 bits per heavy atom. The maximum atomic E-state index is 12.2. The fourth-order valence-corrected chi connectivity index (χ4v) is 2.15. The minimum atomic E-state index is -0.398. The van der Waals surface area contributed by atoms with Gasteiger partial charge in [0.25, 0.3) is 5.91 Å². The van der Waals surface area contributed by atoms with Crippen molar-refractivity contribution in [2.24, 2.45) is 4.99 Å². The van der Waals surface area contributed by atoms with Crippen LogP contribution in [0.5, 0.6) is 0 Å². The van der Waals surface area contributed by atoms with Gasteiger partial charge in [-0.05, 0) is 24.6 Å². The maximum Gasteiger partial charge on any atom is 0.299 e. The maximum absolute atomic E-state index is 12.2. The van der Waals surface area contributed by atoms with E-state index in [4.69, 9.17) is 0 Å². The molecule has 114 valence electrons. The molecule has 3 rings (SSSR count). The Morgan fingerprint density at radius 3 is 2.57 bits per heavy atom. The first kappa shape index (κ1) is 14.8. The third-order valence-electron chi connectivity index (χ3n) is 3.33. The number of amides is 1. The molecule has 3 aromatic rings. The fourth-order valence-electron chi connectivity index (χ4n) is 2.15. The van der Waals surface area contributed by atoms with E-state index in [0.717, 1.165) is 11.3 Å². The summed E-state index contributed by atoms with van der Waals surface area (Å²) in [6.45, 7) is 2.47. The van der Waals surface area contributed by atoms with Gasteiger partial charge in [0.1, 0.15) is 11.2 Å². The summed E-state index contributed by atoms with van der Waals surface area (Å²) in [6.07, 6.45) is 4.91. The summed E-state index contributed by atoms with van der Waals surface area (Å²) >= 11 is 0. The van der Waals surface area contributed by atoms with Gasteiger partial charge in [-0.25, -0.2) is 4.98 Å². The highest BCUT2D eigenvalue weighted by Gasteiger charge is 2.06. The van der Waals surface area contributed by atoms with E-state index in [1.54, 1.807) is 6.20 Å². The topological polar surface area (TPSA) is 60.1 Å². The number of aryl methyl sites for hydroxylation is 1. The van der Waals surface area contributed by atoms with Crippen molar-refractivity contribution in [3.8, 4) is 0 Å². The first-order valence-corrected chi connectivity index (χ1v) is 7.29. The van der Waals surface area contributed by atoms with Crippen LogP contribution in [0.15, 0.2) is 72.1 Å². The van der Waals surface area contributed by atoms with Crippen molar-refractivity contribution in [1.82, 2.24) is 14.5 Å². The molecule has 0 spiro atoms. The van der Waals surface area contributed by atoms with Gasteiger partial charge < -0.3 is 4.57 Å². The Kier molecular flexibility index (Phi) is 4.38. The van der Waals surface area contributed by atoms with E-state index in [9.17, 15) is 4.79 Å². The first-order valence-electron chi connectivity index (χ1n) is 7.29. The Bertz CT molecular complexity index is 867. The third-order valence-corrected chi connectivity index (χ3v) is 3.33. The van der Waals surface area contributed by atoms with Crippen molar-refractivity contribution >= 4 is 5.91 Å². The fraction of sp³-hybridized carbons (Fsp3) is 0.111. The summed E-state index contributed by atoms with van der Waals surface area (Å²) in [5.74, 6) is -0.398. The zero-order chi connectivity index (χ0) is 16.1. The standard InChI is InChI=1S/C18H16N4O/c1-14-11-20-16(12-19-14)18(23)21-17-9-5-6-10-22(17)13-15-7-3-2-4-8-15/h2-12H,13H2,1H3. The minimum absolute atomic E-state index is 0.241. The number of hydrogen-bond acceptors (Lipinski definition) is 3. The van der Waals surface area contributed by atoms with Crippen LogP contribution in [0.1, 0.15) is 21.7 Å². The van der Waals surface area contributed by atoms with Crippen LogP contribution in [0.4, 0.5) is 0 Å². The van der Waals surface area contributed by atoms with Gasteiger partial charge in [0.05, 0.1) is 11.9 Å². The molecule has 0 saturated carbocycles. The van der Waals surface area contributed by atoms with Crippen molar-refractivity contribution in [2.75, 3.05) is 0 Å². The van der Waals surface area contributed by atoms with Crippen molar-refractivity contribution in [2.45, 2.75) is 13.5 Å². The zero-order valence-corrected chi connectivity index (χ0v) is 12.8. The molecule has 0 atom stereocenters. The Hall–Kier alpha value is -3.08. The predicted molar refractivity (Wildman–Crippen MR) is 86.6 cm³/mol. The van der Waals surface area contributed by atoms with E-state index in [-0.39, 0.29) is 5.69 Å². The van der Waals surface area contributed by atoms with Crippen LogP contribution in [-0.2, 0) is 6.54 Å². The van der Waals surface area contributed by atoms with Crippen LogP contribution in [0.25, 0.3) is 0 Å². The van der Waals surface area contributed by atoms with E-state index in [2.05, 4.69) is 15.0 Å². The number of rotatable bonds is 3. The summed E-state index contributed by atoms with van der Waals surface area (Å²) in [5.41, 5.74) is 2.73. The second-order valence-corrected chi connectivity index (χ2v) is 5.13. The number of pyridine rings is 1. The molecule has 2 aromatic heterocycles. The molecular weight excluding hydrogens is 288 g/mol. The molecule has 0 fully saturated rings. The molecule has 5 nitrogen and oxygen atoms in total. The number of nitrogens with zero attached hydrogens (tertiary/aromatic N) is 4. The second-order valence-electron chi connectivity index (χ2n) is 5.13. The molecule has 0 bridgehead atoms. The third kappa shape index (κ3) is 3.77. The summed E-state index contributed by atoms with van der Waals surface area (Å²) in [5, 5.41) is 0. The summed E-state index contributed by atoms with van der Waals surface area (Å²) in [6, 6.07) is 15.6. The average Bonchev–Trinajstić information content (AvgIpc) is 2.58. The van der Waals surface area contributed by atoms with Gasteiger partial charge in [0, 0.05) is 18.9 Å². The lowest BCUT2D eigenvalue weighted by Crippen LogP contribution is -2.22. The Balaban J connectivity index is 1.93. The zero-order valence-electron chi connectivity index (χ0n) is 12.8. The molecule has 0 aliphatic carbocycles. The van der Waals surface area contributed by atoms with Gasteiger partial charge in [-0.1, -0.05) is 36.4 Å². The highest BCUT2D eigenvalue weighted by atomic mass is 16.1. The number of hydrogen-bond donors (Lipinski definition) is 0. The normalized spacial score (nSPS) is 11.4. The van der Waals surface area contributed by atoms with Crippen LogP contribution in [-0.4, -0.2) is 20.4 Å². The number of benzene rings is 1. The molecule has 2 heterocycles. The molecule has 1 amide bonds. The second kappa shape index (κ2) is 6.79. The molecule has 23 heavy (non-hydrogen) atoms. The van der Waals surface area contributed by atoms with Gasteiger partial charge in [-0.3, -0.25) is 9.78 Å². The van der Waals surface area contributed by atoms with Crippen molar-refractivity contribution in [3.63, 3.8) is 0 Å². The van der Waals surface area contributed by atoms with E-state index in [1.807, 2.05) is 66.2 Å². The quantitative estimate of drug-likeness (QED) is 0.746. The van der Waals surface area contributed by atoms with E-state index < -0.39 is 5.91 Å². The monoisotopic (exact) mass is 304 g/mol. The average molecular weight is 304 g/mol. The van der Waals surface area contributed by atoms with Crippen LogP contribution >= 0.6 is 0 Å². The first-order chi connectivity index (χ1) is 11.2. The molecule has 0 unspecified atom stereocenters. The molecule has 0 aliphatic heterocycles. The summed E-state index contributed by atoms with van der Waals surface area (Å²) < 4.78 is 1.93. The molecular formula is C18H16N4O. The van der Waals surface area contributed by atoms with Crippen LogP contribution in [0, 0.1) is 6.92 Å². The van der Waals surface area contributed by atoms with Crippen molar-refractivity contribution in [3.05, 3.63) is 89.6 Å². The predicted octanol–water partition coefficient (Wildman–Crippen LogP) is 2.38. The smallest absolute Gasteiger partial charge is 0.299 e. The summed E-state index contributed by atoms with van der Waals surface area (Å²) in [7, 11) is 0. The van der Waals surface area contributed by atoms with E-state index >= 15 is 0 Å². The summed E-state index contributed by atoms with van der Waals surface area (Å²) in [4.78, 5) is 24.6. The van der Waals surface area contributed by atoms with E-state index in [1.165, 1.54) is 6.20 Å². The van der Waals surface area contributed by atoms with Crippen molar-refractivity contribution < 1.29 is 4.79 Å². The van der Waals surface area contributed by atoms with Crippen LogP contribution in [0.3, 0.4) is 0 Å². The molecule has 1 aromatic carbocycles. The van der Waals surface area contributed by atoms with Gasteiger partial charge >= 0.3 is 0 Å². The lowest BCUT2D eigenvalue weighted by Gasteiger charge is -2.07. The number of carbonyl (C=O) groups is 1. The minimum Gasteiger partial charge on any atom is -0.328 e. The van der Waals surface area contributed by atoms with Gasteiger partial charge in [-0.2, -0.15) is 4.99 Å². The lowest BCUT2D eigenvalue weighted by molar-refractivity contribution is 0.0992. The molecule has 0 N–H and O–H groups in total. The van der Waals surface area contributed by atoms with E-state index in [0.29, 0.717) is 12.0 Å². The highest BCUT2D eigenvalue weighted by Crippen LogP contribution is 2.01. The Labute approximate surface area is 134 Å². The number of aromatic nitrogens is 3. The SMILES string of the molecule is Cc1cnc(C(=O)N=c2ccccn2Cc2ccccc2)cn1. The lowest BCUT2D eigenvalue weighted by atomic mass is 10.2. The van der Waals surface area contributed by atoms with Crippen LogP contribution in [0.2, 0.25) is 0 Å². The Morgan fingerprint density at radius 1 is 1.04 bits per heavy atom. The number of carbonyl (C=O) groups excluding carboxylic acids is 1.